The van der Waals surface area contributed by atoms with E-state index in [9.17, 15) is 5.11 Å². The van der Waals surface area contributed by atoms with Gasteiger partial charge in [0.15, 0.2) is 0 Å². The molecule has 0 fully saturated rings. The van der Waals surface area contributed by atoms with E-state index in [1.165, 1.54) is 7.11 Å². The highest BCUT2D eigenvalue weighted by Gasteiger charge is 2.43. The average Bonchev–Trinajstić information content (AvgIpc) is 2.56. The van der Waals surface area contributed by atoms with Gasteiger partial charge in [0, 0.05) is 20.0 Å². The fourth-order valence-corrected chi connectivity index (χ4v) is 2.15. The number of fused-ring (bicyclic) bond motifs is 1. The zero-order valence-corrected chi connectivity index (χ0v) is 8.51. The predicted octanol–water partition coefficient (Wildman–Crippen LogP) is 0.978. The zero-order valence-electron chi connectivity index (χ0n) is 8.51. The Bertz CT molecular complexity index is 321. The largest absolute Gasteiger partial charge is 0.384 e. The van der Waals surface area contributed by atoms with Crippen LogP contribution in [0.5, 0.6) is 0 Å². The van der Waals surface area contributed by atoms with Gasteiger partial charge in [-0.25, -0.2) is 10.1 Å². The molecule has 4 nitrogen and oxygen atoms in total. The summed E-state index contributed by atoms with van der Waals surface area (Å²) >= 11 is 0. The first kappa shape index (κ1) is 10.6. The molecular weight excluding hydrogens is 196 g/mol. The summed E-state index contributed by atoms with van der Waals surface area (Å²) in [7, 11) is 1.39. The summed E-state index contributed by atoms with van der Waals surface area (Å²) in [6.07, 6.45) is -0.144. The van der Waals surface area contributed by atoms with Gasteiger partial charge in [-0.3, -0.25) is 0 Å². The van der Waals surface area contributed by atoms with Gasteiger partial charge < -0.3 is 9.84 Å². The Hall–Kier alpha value is -0.940. The van der Waals surface area contributed by atoms with Gasteiger partial charge in [-0.05, 0) is 11.1 Å². The molecular formula is C11H14O4. The molecule has 1 aromatic carbocycles. The summed E-state index contributed by atoms with van der Waals surface area (Å²) in [6, 6.07) is 7.76. The molecule has 1 aliphatic carbocycles. The normalized spacial score (nSPS) is 19.9. The van der Waals surface area contributed by atoms with Crippen LogP contribution in [0.15, 0.2) is 24.3 Å². The van der Waals surface area contributed by atoms with Crippen LogP contribution in [0.1, 0.15) is 11.1 Å². The third kappa shape index (κ3) is 1.77. The number of hydrogen-bond donors (Lipinski definition) is 2. The Morgan fingerprint density at radius 3 is 2.20 bits per heavy atom. The van der Waals surface area contributed by atoms with E-state index in [0.717, 1.165) is 11.1 Å². The molecule has 4 heteroatoms. The van der Waals surface area contributed by atoms with E-state index in [1.807, 2.05) is 24.3 Å². The fraction of sp³-hybridized carbons (Fsp3) is 0.455. The standard InChI is InChI=1S/C11H14O4/c1-14-10(15-13)11(12)6-8-4-2-3-5-9(8)7-11/h2-5,10,12-13H,6-7H2,1H3. The molecule has 0 heterocycles. The number of methoxy groups -OCH3 is 1. The van der Waals surface area contributed by atoms with Crippen LogP contribution in [0.4, 0.5) is 0 Å². The van der Waals surface area contributed by atoms with Crippen LogP contribution in [0.2, 0.25) is 0 Å². The third-order valence-corrected chi connectivity index (χ3v) is 2.86. The lowest BCUT2D eigenvalue weighted by Gasteiger charge is -2.28. The van der Waals surface area contributed by atoms with E-state index in [4.69, 9.17) is 9.99 Å². The van der Waals surface area contributed by atoms with Crippen molar-refractivity contribution < 1.29 is 20.0 Å². The summed E-state index contributed by atoms with van der Waals surface area (Å²) < 4.78 is 4.90. The fourth-order valence-electron chi connectivity index (χ4n) is 2.15. The highest BCUT2D eigenvalue weighted by atomic mass is 17.1. The molecule has 0 radical (unpaired) electrons. The number of rotatable bonds is 3. The molecule has 0 amide bonds. The van der Waals surface area contributed by atoms with E-state index in [2.05, 4.69) is 4.89 Å². The van der Waals surface area contributed by atoms with Crippen LogP contribution >= 0.6 is 0 Å². The predicted molar refractivity (Wildman–Crippen MR) is 53.3 cm³/mol. The minimum atomic E-state index is -1.17. The Kier molecular flexibility index (Phi) is 2.75. The molecule has 0 spiro atoms. The van der Waals surface area contributed by atoms with Crippen LogP contribution < -0.4 is 0 Å². The van der Waals surface area contributed by atoms with Crippen LogP contribution in [-0.4, -0.2) is 29.4 Å². The number of benzene rings is 1. The van der Waals surface area contributed by atoms with Crippen LogP contribution in [0.25, 0.3) is 0 Å². The van der Waals surface area contributed by atoms with Crippen molar-refractivity contribution in [2.75, 3.05) is 7.11 Å². The first-order chi connectivity index (χ1) is 7.19. The molecule has 1 atom stereocenters. The van der Waals surface area contributed by atoms with Crippen LogP contribution in [0, 0.1) is 0 Å². The highest BCUT2D eigenvalue weighted by Crippen LogP contribution is 2.33. The van der Waals surface area contributed by atoms with E-state index in [-0.39, 0.29) is 0 Å². The maximum Gasteiger partial charge on any atom is 0.220 e. The topological polar surface area (TPSA) is 58.9 Å². The second-order valence-electron chi connectivity index (χ2n) is 3.90. The quantitative estimate of drug-likeness (QED) is 0.443. The molecule has 15 heavy (non-hydrogen) atoms. The Morgan fingerprint density at radius 2 is 1.80 bits per heavy atom. The summed E-state index contributed by atoms with van der Waals surface area (Å²) in [5.74, 6) is 0. The number of aliphatic hydroxyl groups is 1. The molecule has 82 valence electrons. The second-order valence-corrected chi connectivity index (χ2v) is 3.90. The van der Waals surface area contributed by atoms with Crippen LogP contribution in [-0.2, 0) is 22.5 Å². The van der Waals surface area contributed by atoms with Gasteiger partial charge in [0.2, 0.25) is 6.29 Å². The van der Waals surface area contributed by atoms with E-state index >= 15 is 0 Å². The van der Waals surface area contributed by atoms with Crippen molar-refractivity contribution >= 4 is 0 Å². The minimum absolute atomic E-state index is 0.433. The van der Waals surface area contributed by atoms with Crippen molar-refractivity contribution in [3.05, 3.63) is 35.4 Å². The van der Waals surface area contributed by atoms with Crippen molar-refractivity contribution in [3.63, 3.8) is 0 Å². The molecule has 0 bridgehead atoms. The number of hydrogen-bond acceptors (Lipinski definition) is 4. The number of ether oxygens (including phenoxy) is 1. The maximum absolute atomic E-state index is 10.3. The summed E-state index contributed by atoms with van der Waals surface area (Å²) in [4.78, 5) is 4.15. The smallest absolute Gasteiger partial charge is 0.220 e. The van der Waals surface area contributed by atoms with E-state index in [1.54, 1.807) is 0 Å². The maximum atomic E-state index is 10.3. The molecule has 1 aliphatic rings. The second kappa shape index (κ2) is 3.90. The van der Waals surface area contributed by atoms with E-state index < -0.39 is 11.9 Å². The van der Waals surface area contributed by atoms with Crippen molar-refractivity contribution in [2.45, 2.75) is 24.7 Å². The molecule has 2 N–H and O–H groups in total. The molecule has 0 saturated heterocycles. The van der Waals surface area contributed by atoms with Crippen molar-refractivity contribution in [3.8, 4) is 0 Å². The van der Waals surface area contributed by atoms with Gasteiger partial charge in [0.25, 0.3) is 0 Å². The van der Waals surface area contributed by atoms with Gasteiger partial charge in [0.1, 0.15) is 5.60 Å². The Balaban J connectivity index is 2.24. The van der Waals surface area contributed by atoms with Gasteiger partial charge in [-0.15, -0.1) is 0 Å². The third-order valence-electron chi connectivity index (χ3n) is 2.86. The minimum Gasteiger partial charge on any atom is -0.384 e. The van der Waals surface area contributed by atoms with Crippen molar-refractivity contribution in [1.82, 2.24) is 0 Å². The Morgan fingerprint density at radius 1 is 1.27 bits per heavy atom. The molecule has 0 aromatic heterocycles. The first-order valence-corrected chi connectivity index (χ1v) is 4.82. The van der Waals surface area contributed by atoms with Gasteiger partial charge in [-0.2, -0.15) is 0 Å². The molecule has 0 saturated carbocycles. The van der Waals surface area contributed by atoms with E-state index in [0.29, 0.717) is 12.8 Å². The lowest BCUT2D eigenvalue weighted by molar-refractivity contribution is -0.378. The van der Waals surface area contributed by atoms with Gasteiger partial charge in [-0.1, -0.05) is 24.3 Å². The first-order valence-electron chi connectivity index (χ1n) is 4.82. The SMILES string of the molecule is COC(OO)C1(O)Cc2ccccc2C1. The Labute approximate surface area is 88.0 Å². The monoisotopic (exact) mass is 210 g/mol. The average molecular weight is 210 g/mol. The zero-order chi connectivity index (χ0) is 10.9. The highest BCUT2D eigenvalue weighted by molar-refractivity contribution is 5.35. The van der Waals surface area contributed by atoms with Crippen LogP contribution in [0.3, 0.4) is 0 Å². The molecule has 1 unspecified atom stereocenters. The lowest BCUT2D eigenvalue weighted by Crippen LogP contribution is -2.45. The summed E-state index contributed by atoms with van der Waals surface area (Å²) in [5.41, 5.74) is 0.964. The summed E-state index contributed by atoms with van der Waals surface area (Å²) in [5, 5.41) is 18.9. The van der Waals surface area contributed by atoms with Gasteiger partial charge in [0.05, 0.1) is 0 Å². The lowest BCUT2D eigenvalue weighted by atomic mass is 10.00. The molecule has 0 aliphatic heterocycles. The van der Waals surface area contributed by atoms with Gasteiger partial charge >= 0.3 is 0 Å². The van der Waals surface area contributed by atoms with Crippen molar-refractivity contribution in [1.29, 1.82) is 0 Å². The molecule has 1 aromatic rings. The summed E-state index contributed by atoms with van der Waals surface area (Å²) in [6.45, 7) is 0. The van der Waals surface area contributed by atoms with Crippen molar-refractivity contribution in [2.24, 2.45) is 0 Å². The molecule has 2 rings (SSSR count).